The third-order valence-corrected chi connectivity index (χ3v) is 5.64. The molecule has 1 aliphatic rings. The van der Waals surface area contributed by atoms with E-state index in [0.717, 1.165) is 43.5 Å². The number of rotatable bonds is 8. The fourth-order valence-electron chi connectivity index (χ4n) is 3.92. The molecular weight excluding hydrogens is 460 g/mol. The van der Waals surface area contributed by atoms with Crippen LogP contribution >= 0.6 is 0 Å². The highest BCUT2D eigenvalue weighted by atomic mass is 16.6. The fourth-order valence-corrected chi connectivity index (χ4v) is 3.92. The van der Waals surface area contributed by atoms with E-state index >= 15 is 0 Å². The molecule has 0 saturated carbocycles. The van der Waals surface area contributed by atoms with Gasteiger partial charge in [0.1, 0.15) is 6.33 Å². The molecule has 0 spiro atoms. The number of nitrogens with zero attached hydrogens (tertiary/aromatic N) is 5. The van der Waals surface area contributed by atoms with Crippen molar-refractivity contribution in [1.29, 1.82) is 5.26 Å². The zero-order valence-corrected chi connectivity index (χ0v) is 20.0. The molecule has 3 aromatic rings. The van der Waals surface area contributed by atoms with Gasteiger partial charge in [-0.05, 0) is 49.4 Å². The van der Waals surface area contributed by atoms with Crippen molar-refractivity contribution in [2.75, 3.05) is 29.9 Å². The molecular formula is C26H28N6O4. The zero-order valence-electron chi connectivity index (χ0n) is 20.0. The number of nitriles is 1. The van der Waals surface area contributed by atoms with E-state index in [0.29, 0.717) is 24.6 Å². The third kappa shape index (κ3) is 6.76. The molecule has 1 saturated heterocycles. The van der Waals surface area contributed by atoms with E-state index in [2.05, 4.69) is 26.1 Å². The molecule has 1 unspecified atom stereocenters. The SMILES string of the molecule is CCOC=O.N#CC(c1ccccc1)c1ccc(Nc2ncnc(N3CCCCC3)c2[N+](=O)[O-])cc1. The minimum absolute atomic E-state index is 0.118. The Hall–Kier alpha value is -4.52. The summed E-state index contributed by atoms with van der Waals surface area (Å²) in [4.78, 5) is 30.9. The predicted octanol–water partition coefficient (Wildman–Crippen LogP) is 4.95. The van der Waals surface area contributed by atoms with Crippen molar-refractivity contribution < 1.29 is 14.5 Å². The maximum atomic E-state index is 11.8. The van der Waals surface area contributed by atoms with Gasteiger partial charge in [-0.25, -0.2) is 9.97 Å². The van der Waals surface area contributed by atoms with Crippen LogP contribution in [0.2, 0.25) is 0 Å². The molecule has 2 aromatic carbocycles. The smallest absolute Gasteiger partial charge is 0.353 e. The molecule has 1 aromatic heterocycles. The molecule has 186 valence electrons. The van der Waals surface area contributed by atoms with Crippen molar-refractivity contribution in [1.82, 2.24) is 9.97 Å². The predicted molar refractivity (Wildman–Crippen MR) is 136 cm³/mol. The first kappa shape index (κ1) is 26.1. The van der Waals surface area contributed by atoms with Crippen molar-refractivity contribution in [3.63, 3.8) is 0 Å². The lowest BCUT2D eigenvalue weighted by Gasteiger charge is -2.27. The Morgan fingerprint density at radius 3 is 2.33 bits per heavy atom. The van der Waals surface area contributed by atoms with E-state index in [-0.39, 0.29) is 17.4 Å². The van der Waals surface area contributed by atoms with Gasteiger partial charge in [-0.2, -0.15) is 5.26 Å². The number of carbonyl (C=O) groups excluding carboxylic acids is 1. The van der Waals surface area contributed by atoms with Crippen LogP contribution < -0.4 is 10.2 Å². The zero-order chi connectivity index (χ0) is 25.8. The van der Waals surface area contributed by atoms with E-state index in [9.17, 15) is 20.2 Å². The number of benzene rings is 2. The molecule has 10 heteroatoms. The quantitative estimate of drug-likeness (QED) is 0.265. The second kappa shape index (κ2) is 13.4. The van der Waals surface area contributed by atoms with E-state index in [4.69, 9.17) is 0 Å². The van der Waals surface area contributed by atoms with E-state index in [1.165, 1.54) is 6.33 Å². The number of ether oxygens (including phenoxy) is 1. The highest BCUT2D eigenvalue weighted by molar-refractivity contribution is 5.74. The lowest BCUT2D eigenvalue weighted by atomic mass is 9.92. The molecule has 1 fully saturated rings. The molecule has 2 heterocycles. The standard InChI is InChI=1S/C23H22N6O2.C3H6O2/c24-15-20(17-7-3-1-4-8-17)18-9-11-19(12-10-18)27-22-21(29(30)31)23(26-16-25-22)28-13-5-2-6-14-28;1-2-5-3-4/h1,3-4,7-12,16,20H,2,5-6,13-14H2,(H,25,26,27);3H,2H2,1H3. The Morgan fingerprint density at radius 1 is 1.11 bits per heavy atom. The van der Waals surface area contributed by atoms with E-state index in [1.54, 1.807) is 19.1 Å². The summed E-state index contributed by atoms with van der Waals surface area (Å²) >= 11 is 0. The highest BCUT2D eigenvalue weighted by Gasteiger charge is 2.28. The van der Waals surface area contributed by atoms with Gasteiger partial charge in [0, 0.05) is 18.8 Å². The number of anilines is 3. The average molecular weight is 489 g/mol. The summed E-state index contributed by atoms with van der Waals surface area (Å²) in [6.45, 7) is 4.17. The first-order valence-electron chi connectivity index (χ1n) is 11.7. The molecule has 1 atom stereocenters. The van der Waals surface area contributed by atoms with Crippen molar-refractivity contribution >= 4 is 29.5 Å². The van der Waals surface area contributed by atoms with E-state index < -0.39 is 4.92 Å². The van der Waals surface area contributed by atoms with Crippen LogP contribution in [-0.2, 0) is 9.53 Å². The summed E-state index contributed by atoms with van der Waals surface area (Å²) in [5.41, 5.74) is 2.31. The van der Waals surface area contributed by atoms with Gasteiger partial charge in [0.15, 0.2) is 0 Å². The largest absolute Gasteiger partial charge is 0.468 e. The minimum Gasteiger partial charge on any atom is -0.468 e. The number of nitro groups is 1. The lowest BCUT2D eigenvalue weighted by Crippen LogP contribution is -2.31. The molecule has 0 amide bonds. The van der Waals surface area contributed by atoms with Crippen LogP contribution in [0.1, 0.15) is 43.2 Å². The Bertz CT molecular complexity index is 1180. The lowest BCUT2D eigenvalue weighted by molar-refractivity contribution is -0.383. The number of hydrogen-bond donors (Lipinski definition) is 1. The highest BCUT2D eigenvalue weighted by Crippen LogP contribution is 2.35. The van der Waals surface area contributed by atoms with Gasteiger partial charge < -0.3 is 15.0 Å². The minimum atomic E-state index is -0.429. The molecule has 4 rings (SSSR count). The Balaban J connectivity index is 0.000000658. The molecule has 0 bridgehead atoms. The Kier molecular flexibility index (Phi) is 9.70. The molecule has 10 nitrogen and oxygen atoms in total. The molecule has 1 N–H and O–H groups in total. The number of hydrogen-bond acceptors (Lipinski definition) is 9. The van der Waals surface area contributed by atoms with Crippen molar-refractivity contribution in [3.05, 3.63) is 82.2 Å². The number of carbonyl (C=O) groups is 1. The summed E-state index contributed by atoms with van der Waals surface area (Å²) in [5.74, 6) is 0.134. The van der Waals surface area contributed by atoms with Gasteiger partial charge in [-0.15, -0.1) is 0 Å². The van der Waals surface area contributed by atoms with Crippen LogP contribution in [0.5, 0.6) is 0 Å². The van der Waals surface area contributed by atoms with Gasteiger partial charge in [0.25, 0.3) is 6.47 Å². The van der Waals surface area contributed by atoms with Crippen molar-refractivity contribution in [2.24, 2.45) is 0 Å². The van der Waals surface area contributed by atoms with Crippen LogP contribution in [0, 0.1) is 21.4 Å². The van der Waals surface area contributed by atoms with Gasteiger partial charge in [0.05, 0.1) is 23.5 Å². The van der Waals surface area contributed by atoms with Crippen LogP contribution in [0.4, 0.5) is 23.0 Å². The van der Waals surface area contributed by atoms with Crippen LogP contribution in [0.3, 0.4) is 0 Å². The van der Waals surface area contributed by atoms with Crippen molar-refractivity contribution in [2.45, 2.75) is 32.1 Å². The third-order valence-electron chi connectivity index (χ3n) is 5.64. The summed E-state index contributed by atoms with van der Waals surface area (Å²) < 4.78 is 4.15. The number of piperidine rings is 1. The monoisotopic (exact) mass is 488 g/mol. The fraction of sp³-hybridized carbons (Fsp3) is 0.308. The van der Waals surface area contributed by atoms with Gasteiger partial charge >= 0.3 is 5.69 Å². The van der Waals surface area contributed by atoms with Gasteiger partial charge in [0.2, 0.25) is 11.6 Å². The van der Waals surface area contributed by atoms with Gasteiger partial charge in [-0.1, -0.05) is 42.5 Å². The summed E-state index contributed by atoms with van der Waals surface area (Å²) in [6, 6.07) is 19.2. The first-order chi connectivity index (χ1) is 17.6. The molecule has 36 heavy (non-hydrogen) atoms. The Labute approximate surface area is 209 Å². The second-order valence-corrected chi connectivity index (χ2v) is 7.97. The summed E-state index contributed by atoms with van der Waals surface area (Å²) in [5, 5.41) is 24.5. The molecule has 0 radical (unpaired) electrons. The average Bonchev–Trinajstić information content (AvgIpc) is 2.92. The Morgan fingerprint density at radius 2 is 1.78 bits per heavy atom. The maximum Gasteiger partial charge on any atom is 0.353 e. The van der Waals surface area contributed by atoms with Crippen LogP contribution in [0.25, 0.3) is 0 Å². The topological polar surface area (TPSA) is 134 Å². The molecule has 1 aliphatic heterocycles. The van der Waals surface area contributed by atoms with E-state index in [1.807, 2.05) is 47.4 Å². The molecule has 0 aliphatic carbocycles. The van der Waals surface area contributed by atoms with Crippen LogP contribution in [0.15, 0.2) is 60.9 Å². The summed E-state index contributed by atoms with van der Waals surface area (Å²) in [6.07, 6.45) is 4.47. The number of nitrogens with one attached hydrogen (secondary N) is 1. The number of aromatic nitrogens is 2. The maximum absolute atomic E-state index is 11.8. The van der Waals surface area contributed by atoms with Crippen molar-refractivity contribution in [3.8, 4) is 6.07 Å². The first-order valence-corrected chi connectivity index (χ1v) is 11.7. The van der Waals surface area contributed by atoms with Crippen LogP contribution in [-0.4, -0.2) is 41.1 Å². The second-order valence-electron chi connectivity index (χ2n) is 7.97. The van der Waals surface area contributed by atoms with Gasteiger partial charge in [-0.3, -0.25) is 14.9 Å². The normalized spacial score (nSPS) is 13.4. The summed E-state index contributed by atoms with van der Waals surface area (Å²) in [7, 11) is 0.